The highest BCUT2D eigenvalue weighted by Crippen LogP contribution is 2.37. The second-order valence-corrected chi connectivity index (χ2v) is 10.2. The molecule has 2 aromatic heterocycles. The topological polar surface area (TPSA) is 87.4 Å². The Hall–Kier alpha value is -4.02. The lowest BCUT2D eigenvalue weighted by molar-refractivity contribution is 0.0424. The van der Waals surface area contributed by atoms with Gasteiger partial charge in [0.05, 0.1) is 27.4 Å². The van der Waals surface area contributed by atoms with Crippen LogP contribution in [0.15, 0.2) is 42.7 Å². The molecule has 0 radical (unpaired) electrons. The number of methoxy groups -OCH3 is 3. The van der Waals surface area contributed by atoms with E-state index in [2.05, 4.69) is 25.2 Å². The van der Waals surface area contributed by atoms with E-state index in [0.29, 0.717) is 54.4 Å². The average Bonchev–Trinajstić information content (AvgIpc) is 3.42. The van der Waals surface area contributed by atoms with Crippen molar-refractivity contribution < 1.29 is 23.0 Å². The highest BCUT2D eigenvalue weighted by Gasteiger charge is 2.31. The first-order valence-electron chi connectivity index (χ1n) is 13.3. The van der Waals surface area contributed by atoms with Crippen LogP contribution in [0.1, 0.15) is 48.4 Å². The van der Waals surface area contributed by atoms with Gasteiger partial charge in [0.25, 0.3) is 0 Å². The minimum atomic E-state index is -2.35. The molecule has 2 atom stereocenters. The summed E-state index contributed by atoms with van der Waals surface area (Å²) in [5.74, 6) is 2.06. The first-order chi connectivity index (χ1) is 19.4. The maximum Gasteiger partial charge on any atom is 0.241 e. The second kappa shape index (κ2) is 12.0. The van der Waals surface area contributed by atoms with E-state index < -0.39 is 12.3 Å². The van der Waals surface area contributed by atoms with Gasteiger partial charge in [-0.1, -0.05) is 23.8 Å². The van der Waals surface area contributed by atoms with Gasteiger partial charge in [-0.15, -0.1) is 5.10 Å². The third-order valence-corrected chi connectivity index (χ3v) is 7.59. The number of alkyl halides is 2. The fourth-order valence-electron chi connectivity index (χ4n) is 5.46. The number of benzene rings is 2. The van der Waals surface area contributed by atoms with Gasteiger partial charge in [-0.05, 0) is 49.9 Å². The third-order valence-electron chi connectivity index (χ3n) is 7.59. The van der Waals surface area contributed by atoms with Crippen LogP contribution in [-0.4, -0.2) is 52.7 Å². The zero-order valence-electron chi connectivity index (χ0n) is 23.2. The number of anilines is 1. The molecule has 0 spiro atoms. The molecule has 1 aliphatic rings. The van der Waals surface area contributed by atoms with Crippen LogP contribution in [0.5, 0.6) is 17.2 Å². The third kappa shape index (κ3) is 5.64. The van der Waals surface area contributed by atoms with E-state index in [1.165, 1.54) is 6.33 Å². The fourth-order valence-corrected chi connectivity index (χ4v) is 5.46. The molecule has 0 N–H and O–H groups in total. The molecule has 5 rings (SSSR count). The van der Waals surface area contributed by atoms with E-state index >= 15 is 0 Å². The van der Waals surface area contributed by atoms with Gasteiger partial charge in [0.15, 0.2) is 17.0 Å². The quantitative estimate of drug-likeness (QED) is 0.246. The number of halogens is 2. The summed E-state index contributed by atoms with van der Waals surface area (Å²) >= 11 is 0. The van der Waals surface area contributed by atoms with Gasteiger partial charge in [-0.3, -0.25) is 0 Å². The lowest BCUT2D eigenvalue weighted by Gasteiger charge is -2.28. The number of aryl methyl sites for hydroxylation is 1. The molecule has 40 heavy (non-hydrogen) atoms. The fraction of sp³-hybridized carbons (Fsp3) is 0.448. The van der Waals surface area contributed by atoms with Crippen LogP contribution in [0.2, 0.25) is 0 Å². The summed E-state index contributed by atoms with van der Waals surface area (Å²) in [7, 11) is 4.89. The van der Waals surface area contributed by atoms with E-state index in [4.69, 9.17) is 14.2 Å². The summed E-state index contributed by atoms with van der Waals surface area (Å²) < 4.78 is 45.5. The van der Waals surface area contributed by atoms with E-state index in [9.17, 15) is 8.78 Å². The molecule has 0 bridgehead atoms. The van der Waals surface area contributed by atoms with Crippen LogP contribution >= 0.6 is 0 Å². The molecule has 2 heterocycles. The van der Waals surface area contributed by atoms with E-state index in [1.807, 2.05) is 43.3 Å². The Balaban J connectivity index is 1.56. The summed E-state index contributed by atoms with van der Waals surface area (Å²) in [6.45, 7) is 2.90. The van der Waals surface area contributed by atoms with Crippen molar-refractivity contribution in [2.45, 2.75) is 58.2 Å². The van der Waals surface area contributed by atoms with Crippen LogP contribution in [-0.2, 0) is 13.1 Å². The Kier molecular flexibility index (Phi) is 8.27. The molecular formula is C29H34F2N6O3. The van der Waals surface area contributed by atoms with Crippen molar-refractivity contribution in [3.63, 3.8) is 0 Å². The van der Waals surface area contributed by atoms with Crippen LogP contribution < -0.4 is 19.1 Å². The molecule has 1 aliphatic carbocycles. The van der Waals surface area contributed by atoms with Crippen LogP contribution in [0.25, 0.3) is 11.2 Å². The van der Waals surface area contributed by atoms with Gasteiger partial charge in [0.2, 0.25) is 6.43 Å². The van der Waals surface area contributed by atoms with Gasteiger partial charge in [0.1, 0.15) is 23.6 Å². The van der Waals surface area contributed by atoms with Crippen molar-refractivity contribution >= 4 is 17.0 Å². The highest BCUT2D eigenvalue weighted by atomic mass is 19.3. The molecule has 4 aromatic rings. The first kappa shape index (κ1) is 27.5. The summed E-state index contributed by atoms with van der Waals surface area (Å²) in [5.41, 5.74) is 4.02. The monoisotopic (exact) mass is 552 g/mol. The Morgan fingerprint density at radius 1 is 0.950 bits per heavy atom. The van der Waals surface area contributed by atoms with E-state index in [1.54, 1.807) is 26.0 Å². The summed E-state index contributed by atoms with van der Waals surface area (Å²) in [5, 5.41) is 8.87. The number of hydrogen-bond acceptors (Lipinski definition) is 8. The van der Waals surface area contributed by atoms with Crippen molar-refractivity contribution in [3.05, 3.63) is 59.4 Å². The molecule has 0 saturated heterocycles. The summed E-state index contributed by atoms with van der Waals surface area (Å²) in [6, 6.07) is 11.6. The van der Waals surface area contributed by atoms with E-state index in [-0.39, 0.29) is 6.04 Å². The number of hydrogen-bond donors (Lipinski definition) is 0. The van der Waals surface area contributed by atoms with Gasteiger partial charge in [-0.25, -0.2) is 23.4 Å². The zero-order chi connectivity index (χ0) is 28.2. The summed E-state index contributed by atoms with van der Waals surface area (Å²) in [4.78, 5) is 11.2. The Bertz CT molecular complexity index is 1460. The van der Waals surface area contributed by atoms with Crippen LogP contribution in [0.4, 0.5) is 14.6 Å². The lowest BCUT2D eigenvalue weighted by atomic mass is 9.86. The molecule has 2 aromatic carbocycles. The van der Waals surface area contributed by atoms with Crippen LogP contribution in [0.3, 0.4) is 0 Å². The first-order valence-corrected chi connectivity index (χ1v) is 13.3. The number of fused-ring (bicyclic) bond motifs is 1. The van der Waals surface area contributed by atoms with Crippen molar-refractivity contribution in [2.24, 2.45) is 5.92 Å². The number of rotatable bonds is 10. The zero-order valence-corrected chi connectivity index (χ0v) is 23.2. The smallest absolute Gasteiger partial charge is 0.241 e. The molecule has 1 saturated carbocycles. The standard InChI is InChI=1S/C29H34F2N6O3/c1-18-8-9-20(24(12-18)39-3)15-36(16-21-10-11-23(38-2)14-25(21)40-4)28-26-29(33-17-32-28)37(35-34-26)22-7-5-6-19(13-22)27(30)31/h8-12,14,17,19,22,27H,5-7,13,15-16H2,1-4H3. The largest absolute Gasteiger partial charge is 0.497 e. The van der Waals surface area contributed by atoms with Crippen molar-refractivity contribution in [1.29, 1.82) is 0 Å². The average molecular weight is 553 g/mol. The molecule has 1 fully saturated rings. The van der Waals surface area contributed by atoms with E-state index in [0.717, 1.165) is 35.3 Å². The van der Waals surface area contributed by atoms with Gasteiger partial charge in [-0.2, -0.15) is 0 Å². The molecule has 0 aliphatic heterocycles. The Morgan fingerprint density at radius 2 is 1.68 bits per heavy atom. The number of ether oxygens (including phenoxy) is 3. The molecular weight excluding hydrogens is 518 g/mol. The molecule has 212 valence electrons. The predicted molar refractivity (Wildman–Crippen MR) is 147 cm³/mol. The molecule has 11 heteroatoms. The highest BCUT2D eigenvalue weighted by molar-refractivity contribution is 5.82. The van der Waals surface area contributed by atoms with Crippen molar-refractivity contribution in [1.82, 2.24) is 25.0 Å². The molecule has 9 nitrogen and oxygen atoms in total. The minimum absolute atomic E-state index is 0.187. The van der Waals surface area contributed by atoms with Gasteiger partial charge in [0, 0.05) is 36.2 Å². The SMILES string of the molecule is COc1ccc(CN(Cc2ccc(C)cc2OC)c2ncnc3c2nnn3C2CCCC(C(F)F)C2)c(OC)c1. The van der Waals surface area contributed by atoms with Crippen LogP contribution in [0, 0.1) is 12.8 Å². The second-order valence-electron chi connectivity index (χ2n) is 10.2. The van der Waals surface area contributed by atoms with Crippen molar-refractivity contribution in [2.75, 3.05) is 26.2 Å². The summed E-state index contributed by atoms with van der Waals surface area (Å²) in [6.07, 6.45) is 1.49. The van der Waals surface area contributed by atoms with Gasteiger partial charge >= 0.3 is 0 Å². The molecule has 0 amide bonds. The Morgan fingerprint density at radius 3 is 2.38 bits per heavy atom. The maximum absolute atomic E-state index is 13.5. The van der Waals surface area contributed by atoms with Gasteiger partial charge < -0.3 is 19.1 Å². The predicted octanol–water partition coefficient (Wildman–Crippen LogP) is 5.76. The number of nitrogens with zero attached hydrogens (tertiary/aromatic N) is 6. The molecule has 2 unspecified atom stereocenters. The lowest BCUT2D eigenvalue weighted by Crippen LogP contribution is -2.25. The normalized spacial score (nSPS) is 17.3. The minimum Gasteiger partial charge on any atom is -0.497 e. The van der Waals surface area contributed by atoms with Crippen molar-refractivity contribution in [3.8, 4) is 17.2 Å². The maximum atomic E-state index is 13.5. The number of aromatic nitrogens is 5. The Labute approximate surface area is 232 Å².